The molecule has 7 heteroatoms. The first-order valence-corrected chi connectivity index (χ1v) is 11.3. The highest BCUT2D eigenvalue weighted by atomic mass is 32.1. The zero-order chi connectivity index (χ0) is 20.7. The number of hydrogen-bond acceptors (Lipinski definition) is 4. The van der Waals surface area contributed by atoms with Gasteiger partial charge in [0.15, 0.2) is 0 Å². The molecular formula is C22H28N2O4S. The van der Waals surface area contributed by atoms with Crippen LogP contribution in [-0.4, -0.2) is 28.9 Å². The van der Waals surface area contributed by atoms with Gasteiger partial charge < -0.3 is 15.7 Å². The molecule has 3 N–H and O–H groups in total. The van der Waals surface area contributed by atoms with Crippen molar-refractivity contribution in [2.75, 3.05) is 5.32 Å². The summed E-state index contributed by atoms with van der Waals surface area (Å²) in [7, 11) is 0. The van der Waals surface area contributed by atoms with Gasteiger partial charge in [-0.1, -0.05) is 25.0 Å². The minimum atomic E-state index is -0.915. The van der Waals surface area contributed by atoms with Crippen molar-refractivity contribution >= 4 is 34.1 Å². The molecule has 2 saturated carbocycles. The van der Waals surface area contributed by atoms with Crippen molar-refractivity contribution in [3.8, 4) is 0 Å². The van der Waals surface area contributed by atoms with Crippen LogP contribution in [-0.2, 0) is 9.59 Å². The van der Waals surface area contributed by atoms with E-state index in [1.54, 1.807) is 0 Å². The number of nitrogens with one attached hydrogen (secondary N) is 2. The molecule has 156 valence electrons. The largest absolute Gasteiger partial charge is 0.481 e. The average molecular weight is 417 g/mol. The summed E-state index contributed by atoms with van der Waals surface area (Å²) in [6, 6.07) is 0.196. The monoisotopic (exact) mass is 416 g/mol. The van der Waals surface area contributed by atoms with Crippen molar-refractivity contribution in [2.45, 2.75) is 58.4 Å². The number of allylic oxidation sites excluding steroid dienone is 2. The SMILES string of the molecule is Cc1sc(NC(=O)[C@@H]2[C@@H](C(=O)O)[C@H]3C=C[C@@H]2CC3)c(C(=O)NC2CCCC2)c1C. The van der Waals surface area contributed by atoms with Crippen molar-refractivity contribution in [3.05, 3.63) is 28.2 Å². The maximum atomic E-state index is 13.2. The zero-order valence-corrected chi connectivity index (χ0v) is 17.7. The zero-order valence-electron chi connectivity index (χ0n) is 16.9. The van der Waals surface area contributed by atoms with Crippen LogP contribution in [0.15, 0.2) is 12.2 Å². The number of amides is 2. The first-order valence-electron chi connectivity index (χ1n) is 10.5. The molecule has 1 heterocycles. The highest BCUT2D eigenvalue weighted by molar-refractivity contribution is 7.16. The van der Waals surface area contributed by atoms with Crippen LogP contribution in [0, 0.1) is 37.5 Å². The lowest BCUT2D eigenvalue weighted by Crippen LogP contribution is -2.47. The molecule has 29 heavy (non-hydrogen) atoms. The summed E-state index contributed by atoms with van der Waals surface area (Å²) in [6.45, 7) is 3.84. The summed E-state index contributed by atoms with van der Waals surface area (Å²) < 4.78 is 0. The summed E-state index contributed by atoms with van der Waals surface area (Å²) in [5.74, 6) is -2.78. The van der Waals surface area contributed by atoms with Crippen LogP contribution < -0.4 is 10.6 Å². The second-order valence-electron chi connectivity index (χ2n) is 8.61. The Balaban J connectivity index is 1.57. The Morgan fingerprint density at radius 1 is 1.00 bits per heavy atom. The van der Waals surface area contributed by atoms with E-state index in [4.69, 9.17) is 0 Å². The van der Waals surface area contributed by atoms with Crippen LogP contribution in [0.3, 0.4) is 0 Å². The van der Waals surface area contributed by atoms with Crippen LogP contribution in [0.4, 0.5) is 5.00 Å². The van der Waals surface area contributed by atoms with Crippen molar-refractivity contribution in [3.63, 3.8) is 0 Å². The average Bonchev–Trinajstić information content (AvgIpc) is 3.29. The summed E-state index contributed by atoms with van der Waals surface area (Å²) in [5.41, 5.74) is 1.40. The molecule has 5 rings (SSSR count). The number of carboxylic acids is 1. The highest BCUT2D eigenvalue weighted by Crippen LogP contribution is 2.46. The van der Waals surface area contributed by atoms with Crippen LogP contribution in [0.5, 0.6) is 0 Å². The molecule has 0 spiro atoms. The van der Waals surface area contributed by atoms with E-state index in [9.17, 15) is 19.5 Å². The molecule has 2 amide bonds. The molecule has 4 atom stereocenters. The topological polar surface area (TPSA) is 95.5 Å². The van der Waals surface area contributed by atoms with E-state index in [2.05, 4.69) is 10.6 Å². The number of aliphatic carboxylic acids is 1. The Morgan fingerprint density at radius 2 is 1.62 bits per heavy atom. The molecule has 6 nitrogen and oxygen atoms in total. The molecule has 2 bridgehead atoms. The van der Waals surface area contributed by atoms with Crippen molar-refractivity contribution in [1.29, 1.82) is 0 Å². The smallest absolute Gasteiger partial charge is 0.307 e. The second kappa shape index (κ2) is 7.94. The number of rotatable bonds is 5. The number of thiophene rings is 1. The maximum Gasteiger partial charge on any atom is 0.307 e. The molecule has 2 fully saturated rings. The van der Waals surface area contributed by atoms with Gasteiger partial charge in [-0.2, -0.15) is 0 Å². The van der Waals surface area contributed by atoms with Crippen molar-refractivity contribution < 1.29 is 19.5 Å². The first kappa shape index (κ1) is 20.1. The Bertz CT molecular complexity index is 868. The third-order valence-electron chi connectivity index (χ3n) is 6.88. The predicted molar refractivity (Wildman–Crippen MR) is 112 cm³/mol. The number of carboxylic acid groups (broad SMARTS) is 1. The van der Waals surface area contributed by atoms with Crippen LogP contribution >= 0.6 is 11.3 Å². The summed E-state index contributed by atoms with van der Waals surface area (Å²) in [4.78, 5) is 39.0. The Kier molecular flexibility index (Phi) is 5.51. The third-order valence-corrected chi connectivity index (χ3v) is 8.00. The van der Waals surface area contributed by atoms with Gasteiger partial charge in [-0.05, 0) is 56.9 Å². The van der Waals surface area contributed by atoms with Gasteiger partial charge >= 0.3 is 5.97 Å². The first-order chi connectivity index (χ1) is 13.9. The van der Waals surface area contributed by atoms with E-state index in [-0.39, 0.29) is 29.7 Å². The Morgan fingerprint density at radius 3 is 2.21 bits per heavy atom. The van der Waals surface area contributed by atoms with E-state index in [1.165, 1.54) is 11.3 Å². The second-order valence-corrected chi connectivity index (χ2v) is 9.84. The summed E-state index contributed by atoms with van der Waals surface area (Å²) >= 11 is 1.39. The lowest BCUT2D eigenvalue weighted by atomic mass is 9.62. The number of carbonyl (C=O) groups excluding carboxylic acids is 2. The van der Waals surface area contributed by atoms with E-state index in [0.29, 0.717) is 10.6 Å². The van der Waals surface area contributed by atoms with Gasteiger partial charge in [0.05, 0.1) is 17.4 Å². The van der Waals surface area contributed by atoms with Crippen LogP contribution in [0.2, 0.25) is 0 Å². The van der Waals surface area contributed by atoms with Crippen molar-refractivity contribution in [1.82, 2.24) is 5.32 Å². The van der Waals surface area contributed by atoms with Gasteiger partial charge in [0, 0.05) is 10.9 Å². The highest BCUT2D eigenvalue weighted by Gasteiger charge is 2.48. The van der Waals surface area contributed by atoms with Gasteiger partial charge in [-0.3, -0.25) is 14.4 Å². The molecular weight excluding hydrogens is 388 g/mol. The number of fused-ring (bicyclic) bond motifs is 2. The fourth-order valence-electron chi connectivity index (χ4n) is 5.20. The van der Waals surface area contributed by atoms with Gasteiger partial charge in [-0.25, -0.2) is 0 Å². The number of aryl methyl sites for hydroxylation is 1. The van der Waals surface area contributed by atoms with E-state index in [1.807, 2.05) is 26.0 Å². The van der Waals surface area contributed by atoms with Crippen molar-refractivity contribution in [2.24, 2.45) is 23.7 Å². The Labute approximate surface area is 174 Å². The molecule has 1 aromatic heterocycles. The fourth-order valence-corrected chi connectivity index (χ4v) is 6.26. The fraction of sp³-hybridized carbons (Fsp3) is 0.591. The molecule has 0 radical (unpaired) electrons. The molecule has 4 aliphatic rings. The quantitative estimate of drug-likeness (QED) is 0.635. The summed E-state index contributed by atoms with van der Waals surface area (Å²) in [6.07, 6.45) is 9.84. The van der Waals surface area contributed by atoms with Gasteiger partial charge in [0.25, 0.3) is 5.91 Å². The molecule has 1 aromatic rings. The van der Waals surface area contributed by atoms with Crippen LogP contribution in [0.1, 0.15) is 59.3 Å². The van der Waals surface area contributed by atoms with E-state index >= 15 is 0 Å². The van der Waals surface area contributed by atoms with Crippen LogP contribution in [0.25, 0.3) is 0 Å². The third kappa shape index (κ3) is 3.72. The lowest BCUT2D eigenvalue weighted by molar-refractivity contribution is -0.151. The Hall–Kier alpha value is -2.15. The lowest BCUT2D eigenvalue weighted by Gasteiger charge is -2.41. The number of anilines is 1. The van der Waals surface area contributed by atoms with E-state index in [0.717, 1.165) is 49.0 Å². The minimum absolute atomic E-state index is 0.0565. The number of carbonyl (C=O) groups is 3. The number of hydrogen-bond donors (Lipinski definition) is 3. The summed E-state index contributed by atoms with van der Waals surface area (Å²) in [5, 5.41) is 16.3. The van der Waals surface area contributed by atoms with E-state index < -0.39 is 17.8 Å². The molecule has 0 saturated heterocycles. The van der Waals surface area contributed by atoms with Gasteiger partial charge in [0.2, 0.25) is 5.91 Å². The minimum Gasteiger partial charge on any atom is -0.481 e. The standard InChI is InChI=1S/C22H28N2O4S/c1-11-12(2)29-21(16(11)19(25)23-15-5-3-4-6-15)24-20(26)17-13-7-9-14(10-8-13)18(17)22(27)28/h7,9,13-15,17-18H,3-6,8,10H2,1-2H3,(H,23,25)(H,24,26)(H,27,28)/t13-,14+,17+,18+/m1/s1. The molecule has 0 aliphatic heterocycles. The van der Waals surface area contributed by atoms with Gasteiger partial charge in [-0.15, -0.1) is 11.3 Å². The molecule has 0 unspecified atom stereocenters. The predicted octanol–water partition coefficient (Wildman–Crippen LogP) is 3.89. The normalized spacial score (nSPS) is 28.5. The van der Waals surface area contributed by atoms with Gasteiger partial charge in [0.1, 0.15) is 5.00 Å². The maximum absolute atomic E-state index is 13.2. The molecule has 0 aromatic carbocycles. The molecule has 4 aliphatic carbocycles.